The third-order valence-corrected chi connectivity index (χ3v) is 4.08. The highest BCUT2D eigenvalue weighted by molar-refractivity contribution is 5.58. The van der Waals surface area contributed by atoms with Crippen molar-refractivity contribution in [3.63, 3.8) is 0 Å². The molecule has 3 rings (SSSR count). The van der Waals surface area contributed by atoms with E-state index in [9.17, 15) is 0 Å². The Morgan fingerprint density at radius 2 is 1.83 bits per heavy atom. The lowest BCUT2D eigenvalue weighted by molar-refractivity contribution is 0.515. The molecule has 3 aromatic rings. The van der Waals surface area contributed by atoms with E-state index in [1.807, 2.05) is 31.2 Å². The Morgan fingerprint density at radius 3 is 2.58 bits per heavy atom. The average Bonchev–Trinajstić information content (AvgIpc) is 3.02. The number of rotatable bonds is 5. The van der Waals surface area contributed by atoms with Crippen molar-refractivity contribution in [1.82, 2.24) is 10.2 Å². The van der Waals surface area contributed by atoms with Crippen LogP contribution in [0.3, 0.4) is 0 Å². The summed E-state index contributed by atoms with van der Waals surface area (Å²) in [6.07, 6.45) is 0. The quantitative estimate of drug-likeness (QED) is 0.711. The summed E-state index contributed by atoms with van der Waals surface area (Å²) in [6, 6.07) is 14.4. The van der Waals surface area contributed by atoms with Crippen molar-refractivity contribution in [2.75, 3.05) is 5.32 Å². The summed E-state index contributed by atoms with van der Waals surface area (Å²) >= 11 is 0. The van der Waals surface area contributed by atoms with E-state index in [-0.39, 0.29) is 0 Å². The molecule has 1 aromatic heterocycles. The van der Waals surface area contributed by atoms with Gasteiger partial charge in [0.2, 0.25) is 11.8 Å². The highest BCUT2D eigenvalue weighted by Crippen LogP contribution is 2.28. The molecule has 24 heavy (non-hydrogen) atoms. The van der Waals surface area contributed by atoms with Crippen LogP contribution in [0.4, 0.5) is 5.69 Å². The number of nitrogens with one attached hydrogen (secondary N) is 1. The van der Waals surface area contributed by atoms with Crippen LogP contribution in [0.1, 0.15) is 42.3 Å². The number of aryl methyl sites for hydroxylation is 2. The lowest BCUT2D eigenvalue weighted by Crippen LogP contribution is -2.05. The molecule has 0 aliphatic rings. The molecule has 0 aliphatic heterocycles. The summed E-state index contributed by atoms with van der Waals surface area (Å²) in [4.78, 5) is 0. The standard InChI is InChI=1S/C20H23N3O/c1-13(2)17-10-6-8-15(4)19(17)21-12-18-22-23-20(24-18)16-9-5-7-14(3)11-16/h5-11,13,21H,12H2,1-4H3. The van der Waals surface area contributed by atoms with Gasteiger partial charge in [-0.1, -0.05) is 49.7 Å². The fraction of sp³-hybridized carbons (Fsp3) is 0.300. The van der Waals surface area contributed by atoms with E-state index in [0.29, 0.717) is 24.2 Å². The smallest absolute Gasteiger partial charge is 0.247 e. The fourth-order valence-electron chi connectivity index (χ4n) is 2.80. The van der Waals surface area contributed by atoms with E-state index in [1.165, 1.54) is 16.7 Å². The van der Waals surface area contributed by atoms with Gasteiger partial charge in [0.05, 0.1) is 6.54 Å². The Balaban J connectivity index is 1.77. The molecule has 2 aromatic carbocycles. The molecule has 4 heteroatoms. The summed E-state index contributed by atoms with van der Waals surface area (Å²) in [5.41, 5.74) is 5.80. The van der Waals surface area contributed by atoms with Crippen molar-refractivity contribution in [1.29, 1.82) is 0 Å². The minimum absolute atomic E-state index is 0.456. The van der Waals surface area contributed by atoms with Crippen LogP contribution in [0, 0.1) is 13.8 Å². The maximum Gasteiger partial charge on any atom is 0.247 e. The monoisotopic (exact) mass is 321 g/mol. The first-order valence-electron chi connectivity index (χ1n) is 8.27. The number of nitrogens with zero attached hydrogens (tertiary/aromatic N) is 2. The Hall–Kier alpha value is -2.62. The molecule has 0 atom stereocenters. The van der Waals surface area contributed by atoms with Crippen LogP contribution in [0.2, 0.25) is 0 Å². The van der Waals surface area contributed by atoms with E-state index in [1.54, 1.807) is 0 Å². The minimum atomic E-state index is 0.456. The van der Waals surface area contributed by atoms with Crippen molar-refractivity contribution in [2.45, 2.75) is 40.2 Å². The predicted octanol–water partition coefficient (Wildman–Crippen LogP) is 5.09. The van der Waals surface area contributed by atoms with Crippen molar-refractivity contribution in [2.24, 2.45) is 0 Å². The Kier molecular flexibility index (Phi) is 4.65. The number of hydrogen-bond acceptors (Lipinski definition) is 4. The lowest BCUT2D eigenvalue weighted by Gasteiger charge is -2.16. The SMILES string of the molecule is Cc1cccc(-c2nnc(CNc3c(C)cccc3C(C)C)o2)c1. The maximum absolute atomic E-state index is 5.80. The van der Waals surface area contributed by atoms with Gasteiger partial charge in [0.25, 0.3) is 0 Å². The van der Waals surface area contributed by atoms with Gasteiger partial charge in [0.1, 0.15) is 0 Å². The van der Waals surface area contributed by atoms with E-state index in [4.69, 9.17) is 4.42 Å². The molecule has 1 N–H and O–H groups in total. The largest absolute Gasteiger partial charge is 0.419 e. The first kappa shape index (κ1) is 16.2. The molecular weight excluding hydrogens is 298 g/mol. The molecule has 124 valence electrons. The Morgan fingerprint density at radius 1 is 1.04 bits per heavy atom. The van der Waals surface area contributed by atoms with Gasteiger partial charge in [-0.3, -0.25) is 0 Å². The minimum Gasteiger partial charge on any atom is -0.419 e. The van der Waals surface area contributed by atoms with Crippen LogP contribution in [-0.4, -0.2) is 10.2 Å². The topological polar surface area (TPSA) is 51.0 Å². The summed E-state index contributed by atoms with van der Waals surface area (Å²) in [5, 5.41) is 11.8. The van der Waals surface area contributed by atoms with Gasteiger partial charge in [-0.2, -0.15) is 0 Å². The molecular formula is C20H23N3O. The van der Waals surface area contributed by atoms with E-state index >= 15 is 0 Å². The third-order valence-electron chi connectivity index (χ3n) is 4.08. The average molecular weight is 321 g/mol. The number of anilines is 1. The van der Waals surface area contributed by atoms with E-state index < -0.39 is 0 Å². The first-order chi connectivity index (χ1) is 11.5. The molecule has 1 heterocycles. The zero-order chi connectivity index (χ0) is 17.1. The fourth-order valence-corrected chi connectivity index (χ4v) is 2.80. The van der Waals surface area contributed by atoms with Gasteiger partial charge in [0, 0.05) is 11.3 Å². The van der Waals surface area contributed by atoms with Crippen LogP contribution in [-0.2, 0) is 6.54 Å². The van der Waals surface area contributed by atoms with Gasteiger partial charge >= 0.3 is 0 Å². The summed E-state index contributed by atoms with van der Waals surface area (Å²) in [7, 11) is 0. The van der Waals surface area contributed by atoms with Gasteiger partial charge < -0.3 is 9.73 Å². The molecule has 0 unspecified atom stereocenters. The second-order valence-electron chi connectivity index (χ2n) is 6.42. The normalized spacial score (nSPS) is 11.0. The molecule has 0 radical (unpaired) electrons. The maximum atomic E-state index is 5.80. The number of aromatic nitrogens is 2. The number of hydrogen-bond donors (Lipinski definition) is 1. The molecule has 0 bridgehead atoms. The van der Waals surface area contributed by atoms with E-state index in [2.05, 4.69) is 54.5 Å². The van der Waals surface area contributed by atoms with Gasteiger partial charge in [0.15, 0.2) is 0 Å². The molecule has 0 amide bonds. The molecule has 0 spiro atoms. The molecule has 0 saturated carbocycles. The van der Waals surface area contributed by atoms with Gasteiger partial charge in [-0.05, 0) is 43.0 Å². The summed E-state index contributed by atoms with van der Waals surface area (Å²) in [5.74, 6) is 1.60. The highest BCUT2D eigenvalue weighted by Gasteiger charge is 2.12. The van der Waals surface area contributed by atoms with Gasteiger partial charge in [-0.15, -0.1) is 10.2 Å². The molecule has 0 fully saturated rings. The predicted molar refractivity (Wildman–Crippen MR) is 97.1 cm³/mol. The van der Waals surface area contributed by atoms with Gasteiger partial charge in [-0.25, -0.2) is 0 Å². The van der Waals surface area contributed by atoms with Crippen molar-refractivity contribution >= 4 is 5.69 Å². The number of para-hydroxylation sites is 1. The zero-order valence-electron chi connectivity index (χ0n) is 14.6. The van der Waals surface area contributed by atoms with Crippen LogP contribution in [0.5, 0.6) is 0 Å². The Bertz CT molecular complexity index is 836. The highest BCUT2D eigenvalue weighted by atomic mass is 16.4. The second kappa shape index (κ2) is 6.87. The summed E-state index contributed by atoms with van der Waals surface area (Å²) < 4.78 is 5.80. The first-order valence-corrected chi connectivity index (χ1v) is 8.27. The van der Waals surface area contributed by atoms with Crippen LogP contribution in [0.15, 0.2) is 46.9 Å². The van der Waals surface area contributed by atoms with Crippen molar-refractivity contribution < 1.29 is 4.42 Å². The summed E-state index contributed by atoms with van der Waals surface area (Å²) in [6.45, 7) is 9.07. The Labute approximate surface area is 142 Å². The second-order valence-corrected chi connectivity index (χ2v) is 6.42. The van der Waals surface area contributed by atoms with Crippen LogP contribution in [0.25, 0.3) is 11.5 Å². The van der Waals surface area contributed by atoms with Crippen molar-refractivity contribution in [3.05, 3.63) is 65.0 Å². The zero-order valence-corrected chi connectivity index (χ0v) is 14.6. The number of benzene rings is 2. The lowest BCUT2D eigenvalue weighted by atomic mass is 9.98. The van der Waals surface area contributed by atoms with Crippen LogP contribution < -0.4 is 5.32 Å². The van der Waals surface area contributed by atoms with Crippen LogP contribution >= 0.6 is 0 Å². The van der Waals surface area contributed by atoms with E-state index in [0.717, 1.165) is 11.3 Å². The van der Waals surface area contributed by atoms with Crippen molar-refractivity contribution in [3.8, 4) is 11.5 Å². The molecule has 0 aliphatic carbocycles. The molecule has 4 nitrogen and oxygen atoms in total. The molecule has 0 saturated heterocycles. The third kappa shape index (κ3) is 3.48.